The van der Waals surface area contributed by atoms with Gasteiger partial charge in [0.05, 0.1) is 5.69 Å². The molecule has 1 aliphatic rings. The minimum atomic E-state index is -0.349. The third-order valence-electron chi connectivity index (χ3n) is 3.30. The van der Waals surface area contributed by atoms with Crippen LogP contribution in [0.2, 0.25) is 0 Å². The molecule has 5 heteroatoms. The zero-order valence-electron chi connectivity index (χ0n) is 10.0. The summed E-state index contributed by atoms with van der Waals surface area (Å²) in [6.07, 6.45) is 4.35. The molecule has 0 amide bonds. The number of carbonyl (C=O) groups excluding carboxylic acids is 1. The summed E-state index contributed by atoms with van der Waals surface area (Å²) in [6.45, 7) is 0. The van der Waals surface area contributed by atoms with Crippen molar-refractivity contribution in [2.45, 2.75) is 12.8 Å². The molecule has 0 fully saturated rings. The Hall–Kier alpha value is -2.43. The lowest BCUT2D eigenvalue weighted by Crippen LogP contribution is -2.21. The van der Waals surface area contributed by atoms with E-state index in [0.717, 1.165) is 5.56 Å². The fraction of sp³-hybridized carbons (Fsp3) is 0.143. The number of fused-ring (bicyclic) bond motifs is 1. The molecule has 96 valence electrons. The normalized spacial score (nSPS) is 16.7. The van der Waals surface area contributed by atoms with Crippen LogP contribution in [-0.4, -0.2) is 21.3 Å². The number of nitrogens with zero attached hydrogens (tertiary/aromatic N) is 2. The van der Waals surface area contributed by atoms with Crippen LogP contribution in [0, 0.1) is 5.82 Å². The Kier molecular flexibility index (Phi) is 2.67. The first-order valence-corrected chi connectivity index (χ1v) is 5.92. The van der Waals surface area contributed by atoms with Crippen molar-refractivity contribution in [3.63, 3.8) is 0 Å². The van der Waals surface area contributed by atoms with Crippen molar-refractivity contribution in [3.8, 4) is 5.69 Å². The van der Waals surface area contributed by atoms with E-state index in [4.69, 9.17) is 5.21 Å². The Morgan fingerprint density at radius 1 is 1.21 bits per heavy atom. The first-order chi connectivity index (χ1) is 9.20. The second-order valence-corrected chi connectivity index (χ2v) is 4.43. The average Bonchev–Trinajstić information content (AvgIpc) is 2.84. The monoisotopic (exact) mass is 258 g/mol. The number of rotatable bonds is 1. The molecule has 0 radical (unpaired) electrons. The number of halogens is 1. The molecule has 0 spiro atoms. The van der Waals surface area contributed by atoms with Gasteiger partial charge in [0.2, 0.25) is 5.78 Å². The number of ketones is 1. The molecule has 0 aliphatic heterocycles. The zero-order chi connectivity index (χ0) is 13.4. The highest BCUT2D eigenvalue weighted by molar-refractivity contribution is 6.47. The number of aromatic nitrogens is 1. The van der Waals surface area contributed by atoms with E-state index in [1.54, 1.807) is 35.2 Å². The second-order valence-electron chi connectivity index (χ2n) is 4.43. The number of para-hydroxylation sites is 1. The van der Waals surface area contributed by atoms with Crippen LogP contribution < -0.4 is 0 Å². The average molecular weight is 258 g/mol. The molecule has 1 N–H and O–H groups in total. The van der Waals surface area contributed by atoms with E-state index >= 15 is 0 Å². The smallest absolute Gasteiger partial charge is 0.212 e. The molecule has 1 aromatic heterocycles. The number of carbonyl (C=O) groups is 1. The first kappa shape index (κ1) is 11.6. The molecule has 0 saturated heterocycles. The highest BCUT2D eigenvalue weighted by atomic mass is 19.1. The Morgan fingerprint density at radius 3 is 2.74 bits per heavy atom. The maximum absolute atomic E-state index is 13.7. The van der Waals surface area contributed by atoms with Gasteiger partial charge in [0.25, 0.3) is 0 Å². The van der Waals surface area contributed by atoms with Gasteiger partial charge in [-0.2, -0.15) is 0 Å². The lowest BCUT2D eigenvalue weighted by atomic mass is 9.93. The van der Waals surface area contributed by atoms with Gasteiger partial charge in [-0.05, 0) is 24.1 Å². The van der Waals surface area contributed by atoms with Crippen molar-refractivity contribution in [1.29, 1.82) is 0 Å². The minimum Gasteiger partial charge on any atom is -0.411 e. The van der Waals surface area contributed by atoms with Gasteiger partial charge in [-0.15, -0.1) is 0 Å². The van der Waals surface area contributed by atoms with Crippen molar-refractivity contribution in [2.24, 2.45) is 5.16 Å². The molecule has 0 unspecified atom stereocenters. The van der Waals surface area contributed by atoms with Crippen molar-refractivity contribution in [3.05, 3.63) is 53.6 Å². The highest BCUT2D eigenvalue weighted by Gasteiger charge is 2.26. The summed E-state index contributed by atoms with van der Waals surface area (Å²) in [5, 5.41) is 11.8. The number of Topliss-reactive ketones (excluding diaryl/α,β-unsaturated/α-hetero) is 1. The molecule has 1 aliphatic carbocycles. The standard InChI is InChI=1S/C14H11FN2O2/c15-11-3-1-2-4-13(11)17-7-9-5-6-12(16-19)14(18)10(9)8-17/h1-4,7-8,19H,5-6H2. The SMILES string of the molecule is O=C1C(=NO)CCc2cn(-c3ccccc3F)cc21. The van der Waals surface area contributed by atoms with Gasteiger partial charge in [-0.1, -0.05) is 17.3 Å². The Bertz CT molecular complexity index is 689. The van der Waals surface area contributed by atoms with Crippen LogP contribution in [-0.2, 0) is 6.42 Å². The molecule has 4 nitrogen and oxygen atoms in total. The molecule has 19 heavy (non-hydrogen) atoms. The molecule has 0 bridgehead atoms. The molecule has 1 aromatic carbocycles. The predicted octanol–water partition coefficient (Wildman–Crippen LogP) is 2.58. The van der Waals surface area contributed by atoms with E-state index in [1.165, 1.54) is 6.07 Å². The van der Waals surface area contributed by atoms with Gasteiger partial charge in [0, 0.05) is 24.4 Å². The summed E-state index contributed by atoms with van der Waals surface area (Å²) in [6, 6.07) is 6.37. The number of hydrogen-bond acceptors (Lipinski definition) is 3. The number of hydrogen-bond donors (Lipinski definition) is 1. The van der Waals surface area contributed by atoms with Gasteiger partial charge in [0.15, 0.2) is 0 Å². The third-order valence-corrected chi connectivity index (χ3v) is 3.30. The van der Waals surface area contributed by atoms with E-state index in [0.29, 0.717) is 24.1 Å². The summed E-state index contributed by atoms with van der Waals surface area (Å²) in [7, 11) is 0. The third kappa shape index (κ3) is 1.83. The zero-order valence-corrected chi connectivity index (χ0v) is 10.0. The van der Waals surface area contributed by atoms with E-state index in [9.17, 15) is 9.18 Å². The largest absolute Gasteiger partial charge is 0.411 e. The number of oxime groups is 1. The van der Waals surface area contributed by atoms with Crippen molar-refractivity contribution >= 4 is 11.5 Å². The fourth-order valence-electron chi connectivity index (χ4n) is 2.32. The van der Waals surface area contributed by atoms with E-state index in [1.807, 2.05) is 0 Å². The van der Waals surface area contributed by atoms with E-state index in [-0.39, 0.29) is 17.3 Å². The van der Waals surface area contributed by atoms with Crippen LogP contribution in [0.25, 0.3) is 5.69 Å². The van der Waals surface area contributed by atoms with Crippen LogP contribution in [0.4, 0.5) is 4.39 Å². The Balaban J connectivity index is 2.10. The minimum absolute atomic E-state index is 0.152. The molecule has 3 rings (SSSR count). The summed E-state index contributed by atoms with van der Waals surface area (Å²) in [5.41, 5.74) is 1.87. The molecular formula is C14H11FN2O2. The molecule has 1 heterocycles. The van der Waals surface area contributed by atoms with Gasteiger partial charge in [-0.25, -0.2) is 4.39 Å². The van der Waals surface area contributed by atoms with Crippen LogP contribution >= 0.6 is 0 Å². The van der Waals surface area contributed by atoms with Crippen LogP contribution in [0.3, 0.4) is 0 Å². The van der Waals surface area contributed by atoms with Crippen LogP contribution in [0.5, 0.6) is 0 Å². The quantitative estimate of drug-likeness (QED) is 0.631. The van der Waals surface area contributed by atoms with E-state index in [2.05, 4.69) is 5.16 Å². The fourth-order valence-corrected chi connectivity index (χ4v) is 2.32. The Labute approximate surface area is 108 Å². The van der Waals surface area contributed by atoms with Crippen LogP contribution in [0.1, 0.15) is 22.3 Å². The van der Waals surface area contributed by atoms with Crippen LogP contribution in [0.15, 0.2) is 41.8 Å². The Morgan fingerprint density at radius 2 is 2.00 bits per heavy atom. The van der Waals surface area contributed by atoms with Crippen molar-refractivity contribution in [1.82, 2.24) is 4.57 Å². The molecule has 2 aromatic rings. The summed E-state index contributed by atoms with van der Waals surface area (Å²) < 4.78 is 15.3. The summed E-state index contributed by atoms with van der Waals surface area (Å²) in [5.74, 6) is -0.641. The maximum atomic E-state index is 13.7. The second kappa shape index (κ2) is 4.35. The van der Waals surface area contributed by atoms with Crippen molar-refractivity contribution in [2.75, 3.05) is 0 Å². The van der Waals surface area contributed by atoms with Gasteiger partial charge < -0.3 is 9.77 Å². The maximum Gasteiger partial charge on any atom is 0.212 e. The molecule has 0 saturated carbocycles. The molecule has 0 atom stereocenters. The van der Waals surface area contributed by atoms with Crippen molar-refractivity contribution < 1.29 is 14.4 Å². The molecular weight excluding hydrogens is 247 g/mol. The van der Waals surface area contributed by atoms with Gasteiger partial charge in [-0.3, -0.25) is 4.79 Å². The van der Waals surface area contributed by atoms with Gasteiger partial charge in [0.1, 0.15) is 11.5 Å². The lowest BCUT2D eigenvalue weighted by molar-refractivity contribution is 0.105. The topological polar surface area (TPSA) is 54.6 Å². The van der Waals surface area contributed by atoms with Gasteiger partial charge >= 0.3 is 0 Å². The number of benzene rings is 1. The summed E-state index contributed by atoms with van der Waals surface area (Å²) in [4.78, 5) is 12.0. The number of aryl methyl sites for hydroxylation is 1. The van der Waals surface area contributed by atoms with E-state index < -0.39 is 0 Å². The highest BCUT2D eigenvalue weighted by Crippen LogP contribution is 2.24. The predicted molar refractivity (Wildman–Crippen MR) is 67.6 cm³/mol. The summed E-state index contributed by atoms with van der Waals surface area (Å²) >= 11 is 0. The first-order valence-electron chi connectivity index (χ1n) is 5.92. The lowest BCUT2D eigenvalue weighted by Gasteiger charge is -2.09.